The van der Waals surface area contributed by atoms with E-state index in [2.05, 4.69) is 0 Å². The molecule has 0 saturated carbocycles. The van der Waals surface area contributed by atoms with E-state index in [4.69, 9.17) is 0 Å². The van der Waals surface area contributed by atoms with E-state index in [-0.39, 0.29) is 61.6 Å². The Morgan fingerprint density at radius 1 is 1.00 bits per heavy atom. The third kappa shape index (κ3) is 9.26. The van der Waals surface area contributed by atoms with Gasteiger partial charge < -0.3 is 0 Å². The molecular formula is CuFeNiSi. The number of hydrogen-bond acceptors (Lipinski definition) is 0. The van der Waals surface area contributed by atoms with Crippen molar-refractivity contribution in [2.75, 3.05) is 0 Å². The first-order valence-electron chi connectivity index (χ1n) is 0. The predicted molar refractivity (Wildman–Crippen MR) is 5.75 cm³/mol. The zero-order valence-electron chi connectivity index (χ0n) is 1.47. The average Bonchev–Trinajstić information content (AvgIpc) is 0. The second kappa shape index (κ2) is 21.8. The molecule has 4 heteroatoms. The van der Waals surface area contributed by atoms with E-state index < -0.39 is 0 Å². The van der Waals surface area contributed by atoms with Gasteiger partial charge in [0.2, 0.25) is 0 Å². The second-order valence-electron chi connectivity index (χ2n) is 0. The first kappa shape index (κ1) is 42.4. The molecule has 0 nitrogen and oxygen atoms in total. The van der Waals surface area contributed by atoms with Gasteiger partial charge in [-0.15, -0.1) is 0 Å². The Hall–Kier alpha value is 1.75. The van der Waals surface area contributed by atoms with Crippen LogP contribution in [-0.4, -0.2) is 11.0 Å². The Bertz CT molecular complexity index is 8.00. The number of hydrogen-bond donors (Lipinski definition) is 0. The topological polar surface area (TPSA) is 0 Å². The normalized spacial score (nSPS) is 0. The van der Waals surface area contributed by atoms with Gasteiger partial charge in [0, 0.05) is 61.6 Å². The zero-order chi connectivity index (χ0) is 0. The monoisotopic (exact) mass is 205 g/mol. The van der Waals surface area contributed by atoms with Crippen LogP contribution in [0.3, 0.4) is 0 Å². The molecule has 0 aliphatic carbocycles. The van der Waals surface area contributed by atoms with E-state index in [9.17, 15) is 0 Å². The quantitative estimate of drug-likeness (QED) is 0.474. The molecule has 0 atom stereocenters. The fraction of sp³-hybridized carbons (Fsp3) is 0. The average molecular weight is 206 g/mol. The van der Waals surface area contributed by atoms with Crippen LogP contribution in [0.5, 0.6) is 0 Å². The van der Waals surface area contributed by atoms with Crippen molar-refractivity contribution in [3.05, 3.63) is 0 Å². The third-order valence-corrected chi connectivity index (χ3v) is 0. The van der Waals surface area contributed by atoms with E-state index in [0.717, 1.165) is 0 Å². The fourth-order valence-electron chi connectivity index (χ4n) is 0. The largest absolute Gasteiger partial charge is 0 e. The van der Waals surface area contributed by atoms with Gasteiger partial charge in [0.05, 0.1) is 0 Å². The summed E-state index contributed by atoms with van der Waals surface area (Å²) in [6, 6.07) is 0. The van der Waals surface area contributed by atoms with E-state index in [1.54, 1.807) is 0 Å². The predicted octanol–water partition coefficient (Wildman–Crippen LogP) is -0.388. The third-order valence-electron chi connectivity index (χ3n) is 0. The van der Waals surface area contributed by atoms with Gasteiger partial charge in [0.1, 0.15) is 0 Å². The van der Waals surface area contributed by atoms with Crippen molar-refractivity contribution >= 4 is 11.0 Å². The summed E-state index contributed by atoms with van der Waals surface area (Å²) in [5.41, 5.74) is 0. The fourth-order valence-corrected chi connectivity index (χ4v) is 0. The summed E-state index contributed by atoms with van der Waals surface area (Å²) < 4.78 is 0. The van der Waals surface area contributed by atoms with Crippen molar-refractivity contribution in [1.82, 2.24) is 0 Å². The molecule has 0 N–H and O–H groups in total. The Morgan fingerprint density at radius 3 is 1.00 bits per heavy atom. The molecule has 4 heavy (non-hydrogen) atoms. The van der Waals surface area contributed by atoms with Crippen LogP contribution in [-0.2, 0) is 50.6 Å². The van der Waals surface area contributed by atoms with Crippen LogP contribution in [0.1, 0.15) is 0 Å². The molecule has 0 fully saturated rings. The molecule has 0 rings (SSSR count). The van der Waals surface area contributed by atoms with Gasteiger partial charge in [-0.05, 0) is 0 Å². The van der Waals surface area contributed by atoms with E-state index in [0.29, 0.717) is 0 Å². The summed E-state index contributed by atoms with van der Waals surface area (Å²) >= 11 is 0. The summed E-state index contributed by atoms with van der Waals surface area (Å²) in [4.78, 5) is 0. The standard InChI is InChI=1S/Cu.Fe.Ni.Si. The Kier molecular flexibility index (Phi) is 231. The summed E-state index contributed by atoms with van der Waals surface area (Å²) in [5.74, 6) is 0. The van der Waals surface area contributed by atoms with Gasteiger partial charge in [-0.2, -0.15) is 0 Å². The van der Waals surface area contributed by atoms with Crippen LogP contribution in [0, 0.1) is 0 Å². The van der Waals surface area contributed by atoms with Crippen molar-refractivity contribution in [1.29, 1.82) is 0 Å². The molecule has 0 aromatic heterocycles. The second-order valence-corrected chi connectivity index (χ2v) is 0. The van der Waals surface area contributed by atoms with Crippen molar-refractivity contribution in [3.8, 4) is 0 Å². The maximum atomic E-state index is 0. The van der Waals surface area contributed by atoms with Gasteiger partial charge in [0.25, 0.3) is 0 Å². The van der Waals surface area contributed by atoms with E-state index in [1.807, 2.05) is 0 Å². The van der Waals surface area contributed by atoms with Crippen LogP contribution in [0.2, 0.25) is 0 Å². The number of rotatable bonds is 0. The molecular weight excluding hydrogens is 206 g/mol. The van der Waals surface area contributed by atoms with Gasteiger partial charge in [-0.25, -0.2) is 0 Å². The van der Waals surface area contributed by atoms with Gasteiger partial charge in [0.15, 0.2) is 0 Å². The molecule has 5 radical (unpaired) electrons. The van der Waals surface area contributed by atoms with Gasteiger partial charge in [-0.1, -0.05) is 0 Å². The van der Waals surface area contributed by atoms with Crippen molar-refractivity contribution < 1.29 is 50.6 Å². The molecule has 0 aliphatic heterocycles. The SMILES string of the molecule is [Cu].[Fe].[Ni].[Si]. The maximum absolute atomic E-state index is 0. The molecule has 0 aliphatic rings. The van der Waals surface area contributed by atoms with Crippen LogP contribution in [0.15, 0.2) is 0 Å². The molecule has 0 heterocycles. The minimum Gasteiger partial charge on any atom is 0 e. The van der Waals surface area contributed by atoms with Crippen LogP contribution < -0.4 is 0 Å². The van der Waals surface area contributed by atoms with Crippen molar-refractivity contribution in [2.24, 2.45) is 0 Å². The van der Waals surface area contributed by atoms with E-state index >= 15 is 0 Å². The maximum Gasteiger partial charge on any atom is 0 e. The van der Waals surface area contributed by atoms with Crippen LogP contribution in [0.4, 0.5) is 0 Å². The molecule has 0 spiro atoms. The van der Waals surface area contributed by atoms with Crippen molar-refractivity contribution in [2.45, 2.75) is 0 Å². The van der Waals surface area contributed by atoms with Crippen molar-refractivity contribution in [3.63, 3.8) is 0 Å². The molecule has 0 saturated heterocycles. The molecule has 33 valence electrons. The Morgan fingerprint density at radius 2 is 1.00 bits per heavy atom. The first-order valence-corrected chi connectivity index (χ1v) is 0. The van der Waals surface area contributed by atoms with Gasteiger partial charge in [-0.3, -0.25) is 0 Å². The molecule has 0 bridgehead atoms. The molecule has 0 amide bonds. The first-order chi connectivity index (χ1) is 0. The summed E-state index contributed by atoms with van der Waals surface area (Å²) in [6.45, 7) is 0. The van der Waals surface area contributed by atoms with Crippen LogP contribution >= 0.6 is 0 Å². The summed E-state index contributed by atoms with van der Waals surface area (Å²) in [6.07, 6.45) is 0. The molecule has 0 aromatic carbocycles. The minimum atomic E-state index is 0. The molecule has 0 aromatic rings. The molecule has 0 unspecified atom stereocenters. The zero-order valence-corrected chi connectivity index (χ0v) is 5.50. The van der Waals surface area contributed by atoms with Crippen LogP contribution in [0.25, 0.3) is 0 Å². The summed E-state index contributed by atoms with van der Waals surface area (Å²) in [7, 11) is 0. The Balaban J connectivity index is 0. The minimum absolute atomic E-state index is 0. The smallest absolute Gasteiger partial charge is 0 e. The van der Waals surface area contributed by atoms with Gasteiger partial charge >= 0.3 is 0 Å². The Labute approximate surface area is 61.4 Å². The summed E-state index contributed by atoms with van der Waals surface area (Å²) in [5, 5.41) is 0. The van der Waals surface area contributed by atoms with E-state index in [1.165, 1.54) is 0 Å².